The third-order valence-corrected chi connectivity index (χ3v) is 3.33. The Labute approximate surface area is 123 Å². The van der Waals surface area contributed by atoms with E-state index in [9.17, 15) is 0 Å². The van der Waals surface area contributed by atoms with E-state index in [2.05, 4.69) is 37.6 Å². The zero-order valence-corrected chi connectivity index (χ0v) is 13.0. The van der Waals surface area contributed by atoms with Gasteiger partial charge in [0.1, 0.15) is 11.6 Å². The minimum Gasteiger partial charge on any atom is -0.378 e. The molecule has 1 aromatic carbocycles. The van der Waals surface area contributed by atoms with Crippen molar-refractivity contribution in [2.75, 3.05) is 42.9 Å². The summed E-state index contributed by atoms with van der Waals surface area (Å²) in [5.74, 6) is 1.58. The highest BCUT2D eigenvalue weighted by atomic mass is 32.2. The lowest BCUT2D eigenvalue weighted by molar-refractivity contribution is 0.977. The first-order chi connectivity index (χ1) is 9.62. The second kappa shape index (κ2) is 6.47. The number of anilines is 4. The van der Waals surface area contributed by atoms with Crippen molar-refractivity contribution in [3.8, 4) is 0 Å². The van der Waals surface area contributed by atoms with Crippen molar-refractivity contribution in [1.29, 1.82) is 0 Å². The Balaban J connectivity index is 2.27. The van der Waals surface area contributed by atoms with Crippen molar-refractivity contribution in [3.05, 3.63) is 30.3 Å². The van der Waals surface area contributed by atoms with Gasteiger partial charge in [-0.1, -0.05) is 17.8 Å². The average molecular weight is 289 g/mol. The highest BCUT2D eigenvalue weighted by Crippen LogP contribution is 2.23. The summed E-state index contributed by atoms with van der Waals surface area (Å²) in [5, 5.41) is 7.10. The predicted octanol–water partition coefficient (Wildman–Crippen LogP) is 3.05. The summed E-state index contributed by atoms with van der Waals surface area (Å²) in [6.45, 7) is 0. The quantitative estimate of drug-likeness (QED) is 0.652. The normalized spacial score (nSPS) is 10.2. The van der Waals surface area contributed by atoms with Crippen LogP contribution in [0, 0.1) is 0 Å². The van der Waals surface area contributed by atoms with Crippen LogP contribution in [0.2, 0.25) is 0 Å². The van der Waals surface area contributed by atoms with Gasteiger partial charge in [0.2, 0.25) is 0 Å². The Morgan fingerprint density at radius 3 is 2.50 bits per heavy atom. The van der Waals surface area contributed by atoms with Gasteiger partial charge < -0.3 is 15.5 Å². The van der Waals surface area contributed by atoms with Crippen LogP contribution in [0.1, 0.15) is 0 Å². The molecule has 0 atom stereocenters. The molecule has 2 N–H and O–H groups in total. The molecule has 0 fully saturated rings. The molecule has 0 aliphatic carbocycles. The summed E-state index contributed by atoms with van der Waals surface area (Å²) in [6.07, 6.45) is 1.96. The van der Waals surface area contributed by atoms with Gasteiger partial charge in [-0.15, -0.1) is 0 Å². The van der Waals surface area contributed by atoms with Crippen LogP contribution in [0.5, 0.6) is 0 Å². The van der Waals surface area contributed by atoms with E-state index < -0.39 is 0 Å². The second-order valence-corrected chi connectivity index (χ2v) is 5.22. The molecule has 0 amide bonds. The van der Waals surface area contributed by atoms with Gasteiger partial charge in [-0.25, -0.2) is 9.97 Å². The minimum absolute atomic E-state index is 0.739. The van der Waals surface area contributed by atoms with Crippen LogP contribution < -0.4 is 15.5 Å². The standard InChI is InChI=1S/C14H19N5S/c1-15-12-9-13(18-14(17-12)20-4)16-10-6-5-7-11(8-10)19(2)3/h5-9H,1-4H3,(H2,15,16,17,18). The lowest BCUT2D eigenvalue weighted by Crippen LogP contribution is -2.08. The molecule has 106 valence electrons. The molecule has 0 spiro atoms. The summed E-state index contributed by atoms with van der Waals surface area (Å²) in [7, 11) is 5.90. The van der Waals surface area contributed by atoms with Crippen LogP contribution in [0.3, 0.4) is 0 Å². The molecule has 1 heterocycles. The third kappa shape index (κ3) is 3.54. The number of aromatic nitrogens is 2. The van der Waals surface area contributed by atoms with Crippen molar-refractivity contribution in [3.63, 3.8) is 0 Å². The molecule has 2 aromatic rings. The summed E-state index contributed by atoms with van der Waals surface area (Å²) in [4.78, 5) is 10.9. The first-order valence-electron chi connectivity index (χ1n) is 6.27. The van der Waals surface area contributed by atoms with Crippen molar-refractivity contribution >= 4 is 34.8 Å². The predicted molar refractivity (Wildman–Crippen MR) is 87.4 cm³/mol. The Morgan fingerprint density at radius 2 is 1.85 bits per heavy atom. The molecule has 0 aliphatic heterocycles. The maximum absolute atomic E-state index is 4.46. The highest BCUT2D eigenvalue weighted by Gasteiger charge is 2.04. The van der Waals surface area contributed by atoms with Gasteiger partial charge in [0.25, 0.3) is 0 Å². The van der Waals surface area contributed by atoms with E-state index >= 15 is 0 Å². The van der Waals surface area contributed by atoms with Crippen LogP contribution in [0.25, 0.3) is 0 Å². The van der Waals surface area contributed by atoms with Gasteiger partial charge in [0, 0.05) is 38.6 Å². The van der Waals surface area contributed by atoms with Gasteiger partial charge in [-0.3, -0.25) is 0 Å². The van der Waals surface area contributed by atoms with Crippen LogP contribution in [0.15, 0.2) is 35.5 Å². The Kier molecular flexibility index (Phi) is 4.68. The highest BCUT2D eigenvalue weighted by molar-refractivity contribution is 7.98. The number of hydrogen-bond acceptors (Lipinski definition) is 6. The molecule has 0 saturated carbocycles. The fourth-order valence-corrected chi connectivity index (χ4v) is 2.10. The zero-order chi connectivity index (χ0) is 14.5. The summed E-state index contributed by atoms with van der Waals surface area (Å²) >= 11 is 1.52. The monoisotopic (exact) mass is 289 g/mol. The Morgan fingerprint density at radius 1 is 1.10 bits per heavy atom. The lowest BCUT2D eigenvalue weighted by atomic mass is 10.2. The summed E-state index contributed by atoms with van der Waals surface area (Å²) in [6, 6.07) is 10.1. The SMILES string of the molecule is CNc1cc(Nc2cccc(N(C)C)c2)nc(SC)n1. The third-order valence-electron chi connectivity index (χ3n) is 2.78. The number of rotatable bonds is 5. The molecular weight excluding hydrogens is 270 g/mol. The number of nitrogens with one attached hydrogen (secondary N) is 2. The summed E-state index contributed by atoms with van der Waals surface area (Å²) in [5.41, 5.74) is 2.15. The first kappa shape index (κ1) is 14.5. The molecule has 0 bridgehead atoms. The van der Waals surface area contributed by atoms with Gasteiger partial charge in [0.05, 0.1) is 0 Å². The van der Waals surface area contributed by atoms with Crippen molar-refractivity contribution in [2.24, 2.45) is 0 Å². The summed E-state index contributed by atoms with van der Waals surface area (Å²) < 4.78 is 0. The topological polar surface area (TPSA) is 53.1 Å². The zero-order valence-electron chi connectivity index (χ0n) is 12.1. The molecule has 6 heteroatoms. The van der Waals surface area contributed by atoms with Gasteiger partial charge in [0.15, 0.2) is 5.16 Å². The number of benzene rings is 1. The molecule has 20 heavy (non-hydrogen) atoms. The van der Waals surface area contributed by atoms with E-state index in [1.165, 1.54) is 11.8 Å². The van der Waals surface area contributed by atoms with E-state index in [1.54, 1.807) is 0 Å². The van der Waals surface area contributed by atoms with Gasteiger partial charge in [-0.2, -0.15) is 0 Å². The minimum atomic E-state index is 0.739. The molecule has 0 aliphatic rings. The Hall–Kier alpha value is -1.95. The maximum atomic E-state index is 4.46. The second-order valence-electron chi connectivity index (χ2n) is 4.44. The van der Waals surface area contributed by atoms with E-state index in [4.69, 9.17) is 0 Å². The van der Waals surface area contributed by atoms with Crippen LogP contribution in [-0.4, -0.2) is 37.4 Å². The first-order valence-corrected chi connectivity index (χ1v) is 7.50. The van der Waals surface area contributed by atoms with Crippen LogP contribution in [0.4, 0.5) is 23.0 Å². The molecule has 0 radical (unpaired) electrons. The molecule has 2 rings (SSSR count). The number of nitrogens with zero attached hydrogens (tertiary/aromatic N) is 3. The maximum Gasteiger partial charge on any atom is 0.191 e. The largest absolute Gasteiger partial charge is 0.378 e. The molecule has 1 aromatic heterocycles. The van der Waals surface area contributed by atoms with E-state index in [0.29, 0.717) is 0 Å². The smallest absolute Gasteiger partial charge is 0.191 e. The van der Waals surface area contributed by atoms with E-state index in [-0.39, 0.29) is 0 Å². The van der Waals surface area contributed by atoms with E-state index in [1.807, 2.05) is 45.6 Å². The molecule has 0 saturated heterocycles. The van der Waals surface area contributed by atoms with E-state index in [0.717, 1.165) is 28.2 Å². The fraction of sp³-hybridized carbons (Fsp3) is 0.286. The molecule has 0 unspecified atom stereocenters. The molecular formula is C14H19N5S. The lowest BCUT2D eigenvalue weighted by Gasteiger charge is -2.14. The fourth-order valence-electron chi connectivity index (χ4n) is 1.72. The average Bonchev–Trinajstić information content (AvgIpc) is 2.47. The van der Waals surface area contributed by atoms with Gasteiger partial charge in [-0.05, 0) is 24.5 Å². The number of thioether (sulfide) groups is 1. The van der Waals surface area contributed by atoms with Crippen LogP contribution in [-0.2, 0) is 0 Å². The van der Waals surface area contributed by atoms with Crippen molar-refractivity contribution in [1.82, 2.24) is 9.97 Å². The van der Waals surface area contributed by atoms with Gasteiger partial charge >= 0.3 is 0 Å². The Bertz CT molecular complexity index is 563. The van der Waals surface area contributed by atoms with Crippen molar-refractivity contribution < 1.29 is 0 Å². The van der Waals surface area contributed by atoms with Crippen LogP contribution >= 0.6 is 11.8 Å². The molecule has 5 nitrogen and oxygen atoms in total. The number of hydrogen-bond donors (Lipinski definition) is 2. The van der Waals surface area contributed by atoms with Crippen molar-refractivity contribution in [2.45, 2.75) is 5.16 Å².